The van der Waals surface area contributed by atoms with E-state index in [1.54, 1.807) is 31.4 Å². The molecule has 0 atom stereocenters. The monoisotopic (exact) mass is 394 g/mol. The van der Waals surface area contributed by atoms with E-state index >= 15 is 0 Å². The highest BCUT2D eigenvalue weighted by Crippen LogP contribution is 2.23. The molecule has 29 heavy (non-hydrogen) atoms. The highest BCUT2D eigenvalue weighted by molar-refractivity contribution is 5.92. The predicted molar refractivity (Wildman–Crippen MR) is 113 cm³/mol. The lowest BCUT2D eigenvalue weighted by Crippen LogP contribution is -2.39. The third kappa shape index (κ3) is 5.86. The van der Waals surface area contributed by atoms with Crippen molar-refractivity contribution in [3.8, 4) is 0 Å². The van der Waals surface area contributed by atoms with Gasteiger partial charge in [-0.05, 0) is 49.7 Å². The topological polar surface area (TPSA) is 66.4 Å². The van der Waals surface area contributed by atoms with Gasteiger partial charge in [0.1, 0.15) is 5.69 Å². The summed E-state index contributed by atoms with van der Waals surface area (Å²) < 4.78 is 0. The van der Waals surface area contributed by atoms with Crippen LogP contribution in [-0.4, -0.2) is 58.8 Å². The third-order valence-corrected chi connectivity index (χ3v) is 5.58. The molecule has 2 heterocycles. The lowest BCUT2D eigenvalue weighted by atomic mass is 9.89. The molecule has 154 valence electrons. The van der Waals surface area contributed by atoms with Crippen molar-refractivity contribution < 1.29 is 9.59 Å². The SMILES string of the molecule is Cc1cnc(C(=O)N2CCC(Cc3ccc(CCC(=O)N(C)C)cc3)CC2)cn1. The Morgan fingerprint density at radius 2 is 1.69 bits per heavy atom. The summed E-state index contributed by atoms with van der Waals surface area (Å²) in [5, 5.41) is 0. The van der Waals surface area contributed by atoms with Crippen LogP contribution in [0.5, 0.6) is 0 Å². The Balaban J connectivity index is 1.46. The van der Waals surface area contributed by atoms with E-state index < -0.39 is 0 Å². The molecule has 2 aromatic rings. The van der Waals surface area contributed by atoms with Crippen LogP contribution in [0.1, 0.15) is 46.6 Å². The fourth-order valence-electron chi connectivity index (χ4n) is 3.66. The van der Waals surface area contributed by atoms with Crippen LogP contribution in [0, 0.1) is 12.8 Å². The molecule has 0 aliphatic carbocycles. The Morgan fingerprint density at radius 1 is 1.03 bits per heavy atom. The van der Waals surface area contributed by atoms with Gasteiger partial charge in [-0.1, -0.05) is 24.3 Å². The summed E-state index contributed by atoms with van der Waals surface area (Å²) in [5.41, 5.74) is 3.76. The van der Waals surface area contributed by atoms with Gasteiger partial charge in [-0.3, -0.25) is 14.6 Å². The number of carbonyl (C=O) groups is 2. The molecule has 6 heteroatoms. The maximum atomic E-state index is 12.6. The lowest BCUT2D eigenvalue weighted by Gasteiger charge is -2.31. The fraction of sp³-hybridized carbons (Fsp3) is 0.478. The molecular weight excluding hydrogens is 364 g/mol. The standard InChI is InChI=1S/C23H30N4O2/c1-17-15-25-21(16-24-17)23(29)27-12-10-20(11-13-27)14-19-6-4-18(5-7-19)8-9-22(28)26(2)3/h4-7,15-16,20H,8-14H2,1-3H3. The van der Waals surface area contributed by atoms with Crippen molar-refractivity contribution in [2.45, 2.75) is 39.0 Å². The average molecular weight is 395 g/mol. The van der Waals surface area contributed by atoms with E-state index in [2.05, 4.69) is 34.2 Å². The lowest BCUT2D eigenvalue weighted by molar-refractivity contribution is -0.128. The van der Waals surface area contributed by atoms with E-state index in [-0.39, 0.29) is 11.8 Å². The molecular formula is C23H30N4O2. The van der Waals surface area contributed by atoms with Crippen LogP contribution >= 0.6 is 0 Å². The summed E-state index contributed by atoms with van der Waals surface area (Å²) in [6.45, 7) is 3.40. The molecule has 1 aromatic heterocycles. The summed E-state index contributed by atoms with van der Waals surface area (Å²) in [6, 6.07) is 8.61. The van der Waals surface area contributed by atoms with Crippen molar-refractivity contribution in [2.75, 3.05) is 27.2 Å². The normalized spacial score (nSPS) is 14.7. The minimum absolute atomic E-state index is 0.0208. The van der Waals surface area contributed by atoms with Crippen LogP contribution < -0.4 is 0 Å². The number of carbonyl (C=O) groups excluding carboxylic acids is 2. The first-order valence-corrected chi connectivity index (χ1v) is 10.3. The summed E-state index contributed by atoms with van der Waals surface area (Å²) in [6.07, 6.45) is 7.57. The molecule has 0 bridgehead atoms. The van der Waals surface area contributed by atoms with Gasteiger partial charge in [0.2, 0.25) is 5.91 Å². The minimum atomic E-state index is -0.0208. The number of hydrogen-bond acceptors (Lipinski definition) is 4. The molecule has 0 unspecified atom stereocenters. The molecule has 1 fully saturated rings. The Bertz CT molecular complexity index is 823. The molecule has 1 aromatic carbocycles. The van der Waals surface area contributed by atoms with Gasteiger partial charge in [-0.25, -0.2) is 4.98 Å². The second-order valence-electron chi connectivity index (χ2n) is 8.09. The zero-order chi connectivity index (χ0) is 20.8. The molecule has 1 aliphatic heterocycles. The molecule has 0 spiro atoms. The Hall–Kier alpha value is -2.76. The van der Waals surface area contributed by atoms with Gasteiger partial charge < -0.3 is 9.80 Å². The smallest absolute Gasteiger partial charge is 0.274 e. The molecule has 2 amide bonds. The van der Waals surface area contributed by atoms with E-state index in [9.17, 15) is 9.59 Å². The first kappa shape index (κ1) is 21.0. The molecule has 0 radical (unpaired) electrons. The van der Waals surface area contributed by atoms with Gasteiger partial charge in [0.15, 0.2) is 0 Å². The first-order chi connectivity index (χ1) is 13.9. The van der Waals surface area contributed by atoms with Gasteiger partial charge in [-0.2, -0.15) is 0 Å². The molecule has 6 nitrogen and oxygen atoms in total. The van der Waals surface area contributed by atoms with Crippen LogP contribution in [0.4, 0.5) is 0 Å². The predicted octanol–water partition coefficient (Wildman–Crippen LogP) is 2.90. The second-order valence-corrected chi connectivity index (χ2v) is 8.09. The van der Waals surface area contributed by atoms with Crippen molar-refractivity contribution in [1.29, 1.82) is 0 Å². The maximum Gasteiger partial charge on any atom is 0.274 e. The van der Waals surface area contributed by atoms with E-state index in [1.165, 1.54) is 11.1 Å². The van der Waals surface area contributed by atoms with Crippen molar-refractivity contribution in [3.63, 3.8) is 0 Å². The number of likely N-dealkylation sites (tertiary alicyclic amines) is 1. The van der Waals surface area contributed by atoms with Gasteiger partial charge in [0, 0.05) is 39.8 Å². The Kier molecular flexibility index (Phi) is 6.96. The Labute approximate surface area is 173 Å². The molecule has 3 rings (SSSR count). The van der Waals surface area contributed by atoms with Crippen molar-refractivity contribution in [1.82, 2.24) is 19.8 Å². The molecule has 0 saturated carbocycles. The van der Waals surface area contributed by atoms with E-state index in [4.69, 9.17) is 0 Å². The number of piperidine rings is 1. The average Bonchev–Trinajstić information content (AvgIpc) is 2.73. The van der Waals surface area contributed by atoms with Crippen LogP contribution in [0.25, 0.3) is 0 Å². The van der Waals surface area contributed by atoms with Gasteiger partial charge in [0.05, 0.1) is 11.9 Å². The van der Waals surface area contributed by atoms with Crippen LogP contribution in [-0.2, 0) is 17.6 Å². The number of hydrogen-bond donors (Lipinski definition) is 0. The van der Waals surface area contributed by atoms with Gasteiger partial charge in [0.25, 0.3) is 5.91 Å². The largest absolute Gasteiger partial charge is 0.349 e. The number of amides is 2. The van der Waals surface area contributed by atoms with E-state index in [1.807, 2.05) is 11.8 Å². The van der Waals surface area contributed by atoms with E-state index in [0.29, 0.717) is 18.0 Å². The number of nitrogens with zero attached hydrogens (tertiary/aromatic N) is 4. The number of rotatable bonds is 6. The first-order valence-electron chi connectivity index (χ1n) is 10.3. The maximum absolute atomic E-state index is 12.6. The van der Waals surface area contributed by atoms with Crippen LogP contribution in [0.15, 0.2) is 36.7 Å². The van der Waals surface area contributed by atoms with Crippen LogP contribution in [0.3, 0.4) is 0 Å². The van der Waals surface area contributed by atoms with Gasteiger partial charge >= 0.3 is 0 Å². The summed E-state index contributed by atoms with van der Waals surface area (Å²) in [7, 11) is 3.58. The number of benzene rings is 1. The van der Waals surface area contributed by atoms with E-state index in [0.717, 1.165) is 44.5 Å². The second kappa shape index (κ2) is 9.63. The highest BCUT2D eigenvalue weighted by Gasteiger charge is 2.24. The number of aryl methyl sites for hydroxylation is 2. The minimum Gasteiger partial charge on any atom is -0.349 e. The summed E-state index contributed by atoms with van der Waals surface area (Å²) in [4.78, 5) is 36.2. The summed E-state index contributed by atoms with van der Waals surface area (Å²) >= 11 is 0. The zero-order valence-corrected chi connectivity index (χ0v) is 17.6. The quantitative estimate of drug-likeness (QED) is 0.756. The van der Waals surface area contributed by atoms with Crippen molar-refractivity contribution >= 4 is 11.8 Å². The number of aromatic nitrogens is 2. The van der Waals surface area contributed by atoms with Crippen LogP contribution in [0.2, 0.25) is 0 Å². The van der Waals surface area contributed by atoms with Crippen molar-refractivity contribution in [2.24, 2.45) is 5.92 Å². The molecule has 1 saturated heterocycles. The van der Waals surface area contributed by atoms with Crippen molar-refractivity contribution in [3.05, 3.63) is 59.2 Å². The fourth-order valence-corrected chi connectivity index (χ4v) is 3.66. The van der Waals surface area contributed by atoms with Gasteiger partial charge in [-0.15, -0.1) is 0 Å². The zero-order valence-electron chi connectivity index (χ0n) is 17.6. The Morgan fingerprint density at radius 3 is 2.28 bits per heavy atom. The third-order valence-electron chi connectivity index (χ3n) is 5.58. The molecule has 0 N–H and O–H groups in total. The molecule has 1 aliphatic rings. The highest BCUT2D eigenvalue weighted by atomic mass is 16.2. The summed E-state index contributed by atoms with van der Waals surface area (Å²) in [5.74, 6) is 0.726.